The van der Waals surface area contributed by atoms with E-state index >= 15 is 0 Å². The first kappa shape index (κ1) is 8.68. The zero-order chi connectivity index (χ0) is 9.97. The van der Waals surface area contributed by atoms with E-state index in [2.05, 4.69) is 20.4 Å². The maximum atomic E-state index is 4.33. The van der Waals surface area contributed by atoms with Crippen molar-refractivity contribution in [2.24, 2.45) is 0 Å². The minimum atomic E-state index is 0.858. The topological polar surface area (TPSA) is 55.6 Å². The molecule has 0 aliphatic carbocycles. The predicted octanol–water partition coefficient (Wildman–Crippen LogP) is 1.01. The van der Waals surface area contributed by atoms with E-state index in [1.807, 2.05) is 20.2 Å². The number of anilines is 1. The molecule has 2 aromatic heterocycles. The van der Waals surface area contributed by atoms with Crippen molar-refractivity contribution in [3.8, 4) is 5.69 Å². The maximum Gasteiger partial charge on any atom is 0.115 e. The molecular formula is C9H11N5. The molecule has 0 bridgehead atoms. The van der Waals surface area contributed by atoms with Gasteiger partial charge in [0, 0.05) is 7.05 Å². The lowest BCUT2D eigenvalue weighted by Gasteiger charge is -1.97. The van der Waals surface area contributed by atoms with Gasteiger partial charge in [-0.2, -0.15) is 5.10 Å². The molecule has 2 aromatic rings. The van der Waals surface area contributed by atoms with Crippen LogP contribution in [0.3, 0.4) is 0 Å². The number of hydrogen-bond donors (Lipinski definition) is 1. The van der Waals surface area contributed by atoms with E-state index in [9.17, 15) is 0 Å². The standard InChI is InChI=1S/C9H11N5/c1-7-9(10-2)5-14(13-7)8-3-11-6-12-4-8/h3-6,10H,1-2H3. The summed E-state index contributed by atoms with van der Waals surface area (Å²) in [7, 11) is 1.87. The van der Waals surface area contributed by atoms with Gasteiger partial charge in [-0.1, -0.05) is 0 Å². The third kappa shape index (κ3) is 1.44. The van der Waals surface area contributed by atoms with Gasteiger partial charge in [-0.25, -0.2) is 14.6 Å². The molecule has 0 aliphatic heterocycles. The number of aryl methyl sites for hydroxylation is 1. The molecular weight excluding hydrogens is 178 g/mol. The fourth-order valence-electron chi connectivity index (χ4n) is 1.25. The molecule has 0 unspecified atom stereocenters. The second-order valence-corrected chi connectivity index (χ2v) is 2.92. The molecule has 0 fully saturated rings. The Kier molecular flexibility index (Phi) is 2.14. The first-order valence-electron chi connectivity index (χ1n) is 4.30. The molecule has 1 N–H and O–H groups in total. The largest absolute Gasteiger partial charge is 0.385 e. The average Bonchev–Trinajstić information content (AvgIpc) is 2.61. The van der Waals surface area contributed by atoms with Crippen LogP contribution in [0.2, 0.25) is 0 Å². The molecule has 0 saturated carbocycles. The van der Waals surface area contributed by atoms with Crippen molar-refractivity contribution in [2.45, 2.75) is 6.92 Å². The molecule has 0 aromatic carbocycles. The Hall–Kier alpha value is -1.91. The Bertz CT molecular complexity index is 420. The van der Waals surface area contributed by atoms with Crippen LogP contribution < -0.4 is 5.32 Å². The molecule has 2 rings (SSSR count). The fourth-order valence-corrected chi connectivity index (χ4v) is 1.25. The molecule has 0 amide bonds. The van der Waals surface area contributed by atoms with E-state index < -0.39 is 0 Å². The first-order valence-corrected chi connectivity index (χ1v) is 4.30. The molecule has 0 atom stereocenters. The van der Waals surface area contributed by atoms with Crippen molar-refractivity contribution < 1.29 is 0 Å². The van der Waals surface area contributed by atoms with Crippen LogP contribution in [0.25, 0.3) is 5.69 Å². The SMILES string of the molecule is CNc1cn(-c2cncnc2)nc1C. The highest BCUT2D eigenvalue weighted by atomic mass is 15.3. The first-order chi connectivity index (χ1) is 6.81. The molecule has 2 heterocycles. The fraction of sp³-hybridized carbons (Fsp3) is 0.222. The van der Waals surface area contributed by atoms with Crippen LogP contribution >= 0.6 is 0 Å². The lowest BCUT2D eigenvalue weighted by atomic mass is 10.4. The van der Waals surface area contributed by atoms with Crippen molar-refractivity contribution in [3.05, 3.63) is 30.6 Å². The minimum absolute atomic E-state index is 0.858. The van der Waals surface area contributed by atoms with E-state index in [-0.39, 0.29) is 0 Å². The smallest absolute Gasteiger partial charge is 0.115 e. The van der Waals surface area contributed by atoms with Gasteiger partial charge in [0.1, 0.15) is 12.0 Å². The van der Waals surface area contributed by atoms with Crippen LogP contribution in [0.5, 0.6) is 0 Å². The Balaban J connectivity index is 2.43. The summed E-state index contributed by atoms with van der Waals surface area (Å²) in [5.41, 5.74) is 2.82. The normalized spacial score (nSPS) is 10.1. The molecule has 72 valence electrons. The predicted molar refractivity (Wildman–Crippen MR) is 53.4 cm³/mol. The summed E-state index contributed by atoms with van der Waals surface area (Å²) in [6.45, 7) is 1.95. The quantitative estimate of drug-likeness (QED) is 0.766. The zero-order valence-electron chi connectivity index (χ0n) is 8.10. The second kappa shape index (κ2) is 3.45. The van der Waals surface area contributed by atoms with E-state index in [1.165, 1.54) is 6.33 Å². The monoisotopic (exact) mass is 189 g/mol. The molecule has 5 heteroatoms. The number of nitrogens with one attached hydrogen (secondary N) is 1. The van der Waals surface area contributed by atoms with Crippen molar-refractivity contribution in [3.63, 3.8) is 0 Å². The van der Waals surface area contributed by atoms with Crippen LogP contribution in [0.1, 0.15) is 5.69 Å². The lowest BCUT2D eigenvalue weighted by molar-refractivity contribution is 0.848. The highest BCUT2D eigenvalue weighted by molar-refractivity contribution is 5.46. The summed E-state index contributed by atoms with van der Waals surface area (Å²) in [6, 6.07) is 0. The molecule has 0 radical (unpaired) electrons. The van der Waals surface area contributed by atoms with Crippen LogP contribution in [-0.4, -0.2) is 26.8 Å². The van der Waals surface area contributed by atoms with E-state index in [1.54, 1.807) is 17.1 Å². The lowest BCUT2D eigenvalue weighted by Crippen LogP contribution is -1.95. The van der Waals surface area contributed by atoms with Gasteiger partial charge in [-0.05, 0) is 6.92 Å². The zero-order valence-corrected chi connectivity index (χ0v) is 8.10. The van der Waals surface area contributed by atoms with Gasteiger partial charge in [0.2, 0.25) is 0 Å². The Morgan fingerprint density at radius 3 is 2.57 bits per heavy atom. The molecule has 0 aliphatic rings. The summed E-state index contributed by atoms with van der Waals surface area (Å²) < 4.78 is 1.75. The Morgan fingerprint density at radius 2 is 2.00 bits per heavy atom. The van der Waals surface area contributed by atoms with E-state index in [4.69, 9.17) is 0 Å². The van der Waals surface area contributed by atoms with Crippen molar-refractivity contribution in [1.29, 1.82) is 0 Å². The molecule has 14 heavy (non-hydrogen) atoms. The van der Waals surface area contributed by atoms with Crippen LogP contribution in [0.15, 0.2) is 24.9 Å². The summed E-state index contributed by atoms with van der Waals surface area (Å²) in [5, 5.41) is 7.39. The molecule has 0 spiro atoms. The van der Waals surface area contributed by atoms with Gasteiger partial charge in [0.05, 0.1) is 30.0 Å². The average molecular weight is 189 g/mol. The number of hydrogen-bond acceptors (Lipinski definition) is 4. The van der Waals surface area contributed by atoms with E-state index in [0.29, 0.717) is 0 Å². The van der Waals surface area contributed by atoms with Gasteiger partial charge < -0.3 is 5.32 Å². The van der Waals surface area contributed by atoms with Crippen LogP contribution in [0, 0.1) is 6.92 Å². The van der Waals surface area contributed by atoms with Gasteiger partial charge in [-0.3, -0.25) is 0 Å². The van der Waals surface area contributed by atoms with Crippen molar-refractivity contribution in [2.75, 3.05) is 12.4 Å². The number of aromatic nitrogens is 4. The van der Waals surface area contributed by atoms with Crippen molar-refractivity contribution >= 4 is 5.69 Å². The second-order valence-electron chi connectivity index (χ2n) is 2.92. The van der Waals surface area contributed by atoms with E-state index in [0.717, 1.165) is 17.1 Å². The minimum Gasteiger partial charge on any atom is -0.385 e. The Labute approximate surface area is 81.8 Å². The summed E-state index contributed by atoms with van der Waals surface area (Å²) in [4.78, 5) is 7.87. The van der Waals surface area contributed by atoms with Crippen LogP contribution in [0.4, 0.5) is 5.69 Å². The summed E-state index contributed by atoms with van der Waals surface area (Å²) in [6.07, 6.45) is 6.85. The van der Waals surface area contributed by atoms with Gasteiger partial charge in [0.25, 0.3) is 0 Å². The highest BCUT2D eigenvalue weighted by Crippen LogP contribution is 2.14. The van der Waals surface area contributed by atoms with Gasteiger partial charge in [0.15, 0.2) is 0 Å². The summed E-state index contributed by atoms with van der Waals surface area (Å²) >= 11 is 0. The maximum absolute atomic E-state index is 4.33. The van der Waals surface area contributed by atoms with Crippen molar-refractivity contribution in [1.82, 2.24) is 19.7 Å². The molecule has 0 saturated heterocycles. The number of nitrogens with zero attached hydrogens (tertiary/aromatic N) is 4. The molecule has 5 nitrogen and oxygen atoms in total. The number of rotatable bonds is 2. The highest BCUT2D eigenvalue weighted by Gasteiger charge is 2.03. The van der Waals surface area contributed by atoms with Crippen LogP contribution in [-0.2, 0) is 0 Å². The third-order valence-corrected chi connectivity index (χ3v) is 1.98. The Morgan fingerprint density at radius 1 is 1.29 bits per heavy atom. The third-order valence-electron chi connectivity index (χ3n) is 1.98. The van der Waals surface area contributed by atoms with Gasteiger partial charge in [-0.15, -0.1) is 0 Å². The van der Waals surface area contributed by atoms with Gasteiger partial charge >= 0.3 is 0 Å². The summed E-state index contributed by atoms with van der Waals surface area (Å²) in [5.74, 6) is 0.